The van der Waals surface area contributed by atoms with E-state index in [1.54, 1.807) is 12.1 Å². The molecule has 0 aliphatic carbocycles. The molecule has 0 saturated heterocycles. The van der Waals surface area contributed by atoms with Gasteiger partial charge in [0.2, 0.25) is 0 Å². The van der Waals surface area contributed by atoms with Crippen molar-refractivity contribution < 1.29 is 18.3 Å². The van der Waals surface area contributed by atoms with Gasteiger partial charge in [0.1, 0.15) is 11.5 Å². The van der Waals surface area contributed by atoms with Crippen LogP contribution in [0.15, 0.2) is 23.2 Å². The second kappa shape index (κ2) is 13.5. The Balaban J connectivity index is 0.00000576. The highest BCUT2D eigenvalue weighted by atomic mass is 127. The Kier molecular flexibility index (Phi) is 12.6. The number of rotatable bonds is 9. The lowest BCUT2D eigenvalue weighted by atomic mass is 10.2. The summed E-state index contributed by atoms with van der Waals surface area (Å²) in [6, 6.07) is 4.83. The van der Waals surface area contributed by atoms with Gasteiger partial charge in [0.15, 0.2) is 5.96 Å². The van der Waals surface area contributed by atoms with Crippen LogP contribution >= 0.6 is 24.0 Å². The molecular weight excluding hydrogens is 443 g/mol. The van der Waals surface area contributed by atoms with Crippen LogP contribution in [0.25, 0.3) is 0 Å². The highest BCUT2D eigenvalue weighted by molar-refractivity contribution is 14.0. The molecule has 8 heteroatoms. The van der Waals surface area contributed by atoms with Gasteiger partial charge in [-0.1, -0.05) is 12.8 Å². The molecule has 0 bridgehead atoms. The van der Waals surface area contributed by atoms with Crippen LogP contribution in [0.1, 0.15) is 25.8 Å². The van der Waals surface area contributed by atoms with Gasteiger partial charge in [-0.15, -0.1) is 30.4 Å². The quantitative estimate of drug-likeness (QED) is 0.253. The molecule has 0 aromatic heterocycles. The minimum atomic E-state index is -2.91. The number of terminal acetylenes is 1. The smallest absolute Gasteiger partial charge is 0.387 e. The van der Waals surface area contributed by atoms with Crippen molar-refractivity contribution in [3.63, 3.8) is 0 Å². The molecule has 0 amide bonds. The molecule has 0 saturated carbocycles. The third kappa shape index (κ3) is 9.34. The summed E-state index contributed by atoms with van der Waals surface area (Å²) in [5.74, 6) is 3.49. The van der Waals surface area contributed by atoms with Crippen molar-refractivity contribution in [1.82, 2.24) is 10.6 Å². The Morgan fingerprint density at radius 1 is 1.32 bits per heavy atom. The zero-order valence-corrected chi connectivity index (χ0v) is 16.7. The summed E-state index contributed by atoms with van der Waals surface area (Å²) < 4.78 is 35.3. The molecule has 0 radical (unpaired) electrons. The third-order valence-electron chi connectivity index (χ3n) is 2.84. The minimum absolute atomic E-state index is 0. The first kappa shape index (κ1) is 23.2. The summed E-state index contributed by atoms with van der Waals surface area (Å²) in [5.41, 5.74) is 0.525. The topological polar surface area (TPSA) is 54.9 Å². The molecule has 1 rings (SSSR count). The van der Waals surface area contributed by atoms with Crippen LogP contribution in [-0.4, -0.2) is 32.3 Å². The van der Waals surface area contributed by atoms with Crippen LogP contribution in [0.4, 0.5) is 8.78 Å². The largest absolute Gasteiger partial charge is 0.493 e. The Morgan fingerprint density at radius 3 is 2.68 bits per heavy atom. The monoisotopic (exact) mass is 467 g/mol. The molecule has 140 valence electrons. The molecule has 0 unspecified atom stereocenters. The van der Waals surface area contributed by atoms with Crippen molar-refractivity contribution >= 4 is 29.9 Å². The van der Waals surface area contributed by atoms with Crippen LogP contribution in [0.5, 0.6) is 11.5 Å². The van der Waals surface area contributed by atoms with E-state index in [4.69, 9.17) is 11.2 Å². The van der Waals surface area contributed by atoms with Crippen molar-refractivity contribution in [3.05, 3.63) is 23.8 Å². The molecule has 0 heterocycles. The maximum Gasteiger partial charge on any atom is 0.387 e. The fraction of sp³-hybridized carbons (Fsp3) is 0.471. The maximum absolute atomic E-state index is 12.6. The highest BCUT2D eigenvalue weighted by Gasteiger charge is 2.11. The van der Waals surface area contributed by atoms with Gasteiger partial charge in [-0.2, -0.15) is 8.78 Å². The van der Waals surface area contributed by atoms with E-state index in [1.165, 1.54) is 6.07 Å². The number of halogens is 3. The van der Waals surface area contributed by atoms with Crippen LogP contribution in [0.3, 0.4) is 0 Å². The zero-order chi connectivity index (χ0) is 17.8. The van der Waals surface area contributed by atoms with E-state index in [-0.39, 0.29) is 36.3 Å². The molecular formula is C17H24F2IN3O2. The Hall–Kier alpha value is -1.76. The average molecular weight is 467 g/mol. The molecule has 25 heavy (non-hydrogen) atoms. The second-order valence-corrected chi connectivity index (χ2v) is 4.75. The summed E-state index contributed by atoms with van der Waals surface area (Å²) >= 11 is 0. The highest BCUT2D eigenvalue weighted by Crippen LogP contribution is 2.27. The van der Waals surface area contributed by atoms with Gasteiger partial charge in [-0.25, -0.2) is 4.99 Å². The number of nitrogens with zero attached hydrogens (tertiary/aromatic N) is 1. The lowest BCUT2D eigenvalue weighted by Crippen LogP contribution is -2.37. The molecule has 0 aliphatic rings. The lowest BCUT2D eigenvalue weighted by molar-refractivity contribution is -0.0505. The van der Waals surface area contributed by atoms with Crippen LogP contribution in [0, 0.1) is 12.3 Å². The van der Waals surface area contributed by atoms with E-state index >= 15 is 0 Å². The average Bonchev–Trinajstić information content (AvgIpc) is 2.56. The molecule has 5 nitrogen and oxygen atoms in total. The number of alkyl halides is 2. The summed E-state index contributed by atoms with van der Waals surface area (Å²) in [6.45, 7) is 2.60. The van der Waals surface area contributed by atoms with Gasteiger partial charge < -0.3 is 20.1 Å². The first-order valence-corrected chi connectivity index (χ1v) is 7.76. The predicted molar refractivity (Wildman–Crippen MR) is 106 cm³/mol. The van der Waals surface area contributed by atoms with E-state index < -0.39 is 6.61 Å². The normalized spacial score (nSPS) is 10.6. The molecule has 0 spiro atoms. The molecule has 0 aliphatic heterocycles. The standard InChI is InChI=1S/C17H23F2N3O2.HI/c1-4-9-21-17(20-6-3)22-12-13-7-8-14(23-10-5-2)11-15(13)24-16(18)19;/h1,7-8,11,16H,5-6,9-10,12H2,2-3H3,(H2,20,21,22);1H. The second-order valence-electron chi connectivity index (χ2n) is 4.75. The van der Waals surface area contributed by atoms with E-state index in [0.29, 0.717) is 37.0 Å². The van der Waals surface area contributed by atoms with Crippen molar-refractivity contribution in [2.75, 3.05) is 19.7 Å². The first-order chi connectivity index (χ1) is 11.6. The number of guanidine groups is 1. The van der Waals surface area contributed by atoms with Gasteiger partial charge in [-0.3, -0.25) is 0 Å². The van der Waals surface area contributed by atoms with Crippen molar-refractivity contribution in [3.8, 4) is 23.8 Å². The van der Waals surface area contributed by atoms with E-state index in [0.717, 1.165) is 6.42 Å². The number of benzene rings is 1. The first-order valence-electron chi connectivity index (χ1n) is 7.76. The fourth-order valence-electron chi connectivity index (χ4n) is 1.82. The molecule has 0 atom stereocenters. The summed E-state index contributed by atoms with van der Waals surface area (Å²) in [4.78, 5) is 4.31. The summed E-state index contributed by atoms with van der Waals surface area (Å²) in [6.07, 6.45) is 6.03. The number of nitrogens with one attached hydrogen (secondary N) is 2. The van der Waals surface area contributed by atoms with E-state index in [1.807, 2.05) is 13.8 Å². The number of ether oxygens (including phenoxy) is 2. The van der Waals surface area contributed by atoms with Crippen molar-refractivity contribution in [2.24, 2.45) is 4.99 Å². The number of hydrogen-bond donors (Lipinski definition) is 2. The van der Waals surface area contributed by atoms with Gasteiger partial charge in [-0.05, 0) is 25.5 Å². The molecule has 1 aromatic rings. The fourth-order valence-corrected chi connectivity index (χ4v) is 1.82. The van der Waals surface area contributed by atoms with Gasteiger partial charge >= 0.3 is 6.61 Å². The molecule has 2 N–H and O–H groups in total. The molecule has 0 fully saturated rings. The van der Waals surface area contributed by atoms with E-state index in [2.05, 4.69) is 26.3 Å². The Morgan fingerprint density at radius 2 is 2.08 bits per heavy atom. The van der Waals surface area contributed by atoms with E-state index in [9.17, 15) is 8.78 Å². The van der Waals surface area contributed by atoms with Gasteiger partial charge in [0, 0.05) is 18.2 Å². The lowest BCUT2D eigenvalue weighted by Gasteiger charge is -2.13. The maximum atomic E-state index is 12.6. The molecule has 1 aromatic carbocycles. The SMILES string of the molecule is C#CCNC(=NCc1ccc(OCCC)cc1OC(F)F)NCC.I. The Bertz CT molecular complexity index is 578. The van der Waals surface area contributed by atoms with Crippen LogP contribution in [0.2, 0.25) is 0 Å². The van der Waals surface area contributed by atoms with Crippen LogP contribution < -0.4 is 20.1 Å². The summed E-state index contributed by atoms with van der Waals surface area (Å²) in [5, 5.41) is 5.95. The minimum Gasteiger partial charge on any atom is -0.493 e. The predicted octanol–water partition coefficient (Wildman–Crippen LogP) is 3.38. The van der Waals surface area contributed by atoms with Gasteiger partial charge in [0.25, 0.3) is 0 Å². The zero-order valence-electron chi connectivity index (χ0n) is 14.4. The van der Waals surface area contributed by atoms with Gasteiger partial charge in [0.05, 0.1) is 19.7 Å². The Labute approximate surface area is 164 Å². The van der Waals surface area contributed by atoms with Crippen molar-refractivity contribution in [2.45, 2.75) is 33.4 Å². The summed E-state index contributed by atoms with van der Waals surface area (Å²) in [7, 11) is 0. The number of aliphatic imine (C=N–C) groups is 1. The number of hydrogen-bond acceptors (Lipinski definition) is 3. The third-order valence-corrected chi connectivity index (χ3v) is 2.84. The van der Waals surface area contributed by atoms with Crippen LogP contribution in [-0.2, 0) is 6.54 Å². The van der Waals surface area contributed by atoms with Crippen molar-refractivity contribution in [1.29, 1.82) is 0 Å².